The zero-order chi connectivity index (χ0) is 14.5. The molecule has 0 aliphatic heterocycles. The second kappa shape index (κ2) is 6.19. The van der Waals surface area contributed by atoms with E-state index < -0.39 is 11.9 Å². The summed E-state index contributed by atoms with van der Waals surface area (Å²) in [6.45, 7) is 0. The highest BCUT2D eigenvalue weighted by Gasteiger charge is 2.18. The number of halogens is 1. The first-order valence-corrected chi connectivity index (χ1v) is 6.30. The van der Waals surface area contributed by atoms with Crippen LogP contribution in [0, 0.1) is 11.7 Å². The fourth-order valence-electron chi connectivity index (χ4n) is 2.11. The van der Waals surface area contributed by atoms with Crippen molar-refractivity contribution < 1.29 is 19.4 Å². The van der Waals surface area contributed by atoms with E-state index in [2.05, 4.69) is 0 Å². The van der Waals surface area contributed by atoms with E-state index in [9.17, 15) is 19.4 Å². The van der Waals surface area contributed by atoms with Crippen LogP contribution in [0.5, 0.6) is 5.75 Å². The molecule has 4 heteroatoms. The average molecular weight is 274 g/mol. The predicted octanol–water partition coefficient (Wildman–Crippen LogP) is 3.02. The van der Waals surface area contributed by atoms with E-state index in [-0.39, 0.29) is 18.0 Å². The number of carbonyl (C=O) groups is 1. The molecule has 104 valence electrons. The minimum Gasteiger partial charge on any atom is -0.508 e. The lowest BCUT2D eigenvalue weighted by Gasteiger charge is -2.12. The average Bonchev–Trinajstić information content (AvgIpc) is 2.40. The SMILES string of the molecule is O=C(O)C(Cc1ccc(O)cc1)Cc1cccc(F)c1. The minimum absolute atomic E-state index is 0.144. The normalized spacial score (nSPS) is 12.1. The first kappa shape index (κ1) is 14.1. The van der Waals surface area contributed by atoms with Crippen LogP contribution in [-0.2, 0) is 17.6 Å². The number of phenolic OH excluding ortho intramolecular Hbond substituents is 1. The molecule has 0 aliphatic rings. The number of aliphatic carboxylic acids is 1. The summed E-state index contributed by atoms with van der Waals surface area (Å²) in [6.07, 6.45) is 0.611. The fourth-order valence-corrected chi connectivity index (χ4v) is 2.11. The van der Waals surface area contributed by atoms with Crippen LogP contribution < -0.4 is 0 Å². The molecule has 0 amide bonds. The van der Waals surface area contributed by atoms with Gasteiger partial charge in [0, 0.05) is 0 Å². The van der Waals surface area contributed by atoms with Gasteiger partial charge in [-0.25, -0.2) is 4.39 Å². The van der Waals surface area contributed by atoms with E-state index in [0.717, 1.165) is 5.56 Å². The van der Waals surface area contributed by atoms with Crippen LogP contribution in [0.25, 0.3) is 0 Å². The number of benzene rings is 2. The van der Waals surface area contributed by atoms with E-state index in [1.165, 1.54) is 24.3 Å². The number of aromatic hydroxyl groups is 1. The zero-order valence-corrected chi connectivity index (χ0v) is 10.8. The van der Waals surface area contributed by atoms with Crippen LogP contribution in [-0.4, -0.2) is 16.2 Å². The summed E-state index contributed by atoms with van der Waals surface area (Å²) < 4.78 is 13.1. The predicted molar refractivity (Wildman–Crippen MR) is 73.0 cm³/mol. The molecule has 2 N–H and O–H groups in total. The molecule has 0 aliphatic carbocycles. The first-order valence-electron chi connectivity index (χ1n) is 6.30. The lowest BCUT2D eigenvalue weighted by atomic mass is 9.92. The van der Waals surface area contributed by atoms with Gasteiger partial charge in [-0.3, -0.25) is 4.79 Å². The summed E-state index contributed by atoms with van der Waals surface area (Å²) in [5, 5.41) is 18.5. The van der Waals surface area contributed by atoms with E-state index in [4.69, 9.17) is 0 Å². The molecule has 2 aromatic rings. The van der Waals surface area contributed by atoms with Crippen LogP contribution in [0.3, 0.4) is 0 Å². The van der Waals surface area contributed by atoms with Gasteiger partial charge in [-0.2, -0.15) is 0 Å². The molecule has 0 saturated carbocycles. The molecule has 2 rings (SSSR count). The summed E-state index contributed by atoms with van der Waals surface area (Å²) in [7, 11) is 0. The molecule has 0 spiro atoms. The Morgan fingerprint density at radius 1 is 1.05 bits per heavy atom. The van der Waals surface area contributed by atoms with Crippen molar-refractivity contribution in [3.05, 3.63) is 65.5 Å². The van der Waals surface area contributed by atoms with Crippen LogP contribution in [0.1, 0.15) is 11.1 Å². The third-order valence-corrected chi connectivity index (χ3v) is 3.14. The largest absolute Gasteiger partial charge is 0.508 e. The Morgan fingerprint density at radius 2 is 1.70 bits per heavy atom. The zero-order valence-electron chi connectivity index (χ0n) is 10.8. The van der Waals surface area contributed by atoms with Crippen molar-refractivity contribution in [2.45, 2.75) is 12.8 Å². The Balaban J connectivity index is 2.11. The quantitative estimate of drug-likeness (QED) is 0.881. The van der Waals surface area contributed by atoms with Crippen LogP contribution in [0.2, 0.25) is 0 Å². The lowest BCUT2D eigenvalue weighted by Crippen LogP contribution is -2.19. The summed E-state index contributed by atoms with van der Waals surface area (Å²) in [5.74, 6) is -1.76. The highest BCUT2D eigenvalue weighted by molar-refractivity contribution is 5.70. The van der Waals surface area contributed by atoms with Crippen molar-refractivity contribution in [1.82, 2.24) is 0 Å². The van der Waals surface area contributed by atoms with Crippen molar-refractivity contribution in [1.29, 1.82) is 0 Å². The Bertz CT molecular complexity index is 593. The Hall–Kier alpha value is -2.36. The van der Waals surface area contributed by atoms with Crippen molar-refractivity contribution in [3.63, 3.8) is 0 Å². The molecular weight excluding hydrogens is 259 g/mol. The van der Waals surface area contributed by atoms with Crippen molar-refractivity contribution >= 4 is 5.97 Å². The number of phenols is 1. The molecule has 0 saturated heterocycles. The Kier molecular flexibility index (Phi) is 4.35. The second-order valence-corrected chi connectivity index (χ2v) is 4.74. The maximum atomic E-state index is 13.1. The van der Waals surface area contributed by atoms with E-state index in [1.54, 1.807) is 24.3 Å². The summed E-state index contributed by atoms with van der Waals surface area (Å²) >= 11 is 0. The molecule has 2 aromatic carbocycles. The monoisotopic (exact) mass is 274 g/mol. The van der Waals surface area contributed by atoms with Crippen LogP contribution in [0.4, 0.5) is 4.39 Å². The molecule has 0 aromatic heterocycles. The van der Waals surface area contributed by atoms with Gasteiger partial charge in [0.1, 0.15) is 11.6 Å². The summed E-state index contributed by atoms with van der Waals surface area (Å²) in [5.41, 5.74) is 1.49. The van der Waals surface area contributed by atoms with Gasteiger partial charge in [0.2, 0.25) is 0 Å². The number of carboxylic acids is 1. The maximum absolute atomic E-state index is 13.1. The Labute approximate surface area is 116 Å². The minimum atomic E-state index is -0.915. The van der Waals surface area contributed by atoms with Crippen molar-refractivity contribution in [2.75, 3.05) is 0 Å². The second-order valence-electron chi connectivity index (χ2n) is 4.74. The summed E-state index contributed by atoms with van der Waals surface area (Å²) in [6, 6.07) is 12.4. The highest BCUT2D eigenvalue weighted by Crippen LogP contribution is 2.18. The van der Waals surface area contributed by atoms with Crippen LogP contribution >= 0.6 is 0 Å². The molecule has 0 radical (unpaired) electrons. The third-order valence-electron chi connectivity index (χ3n) is 3.14. The van der Waals surface area contributed by atoms with Gasteiger partial charge in [0.15, 0.2) is 0 Å². The number of rotatable bonds is 5. The molecule has 3 nitrogen and oxygen atoms in total. The molecular formula is C16H15FO3. The van der Waals surface area contributed by atoms with Gasteiger partial charge in [0.05, 0.1) is 5.92 Å². The Morgan fingerprint density at radius 3 is 2.30 bits per heavy atom. The molecule has 0 bridgehead atoms. The first-order chi connectivity index (χ1) is 9.54. The highest BCUT2D eigenvalue weighted by atomic mass is 19.1. The van der Waals surface area contributed by atoms with Gasteiger partial charge in [-0.1, -0.05) is 24.3 Å². The van der Waals surface area contributed by atoms with Gasteiger partial charge < -0.3 is 10.2 Å². The fraction of sp³-hybridized carbons (Fsp3) is 0.188. The van der Waals surface area contributed by atoms with E-state index >= 15 is 0 Å². The van der Waals surface area contributed by atoms with Gasteiger partial charge in [-0.15, -0.1) is 0 Å². The topological polar surface area (TPSA) is 57.5 Å². The molecule has 20 heavy (non-hydrogen) atoms. The van der Waals surface area contributed by atoms with E-state index in [1.807, 2.05) is 0 Å². The third kappa shape index (κ3) is 3.82. The molecule has 0 heterocycles. The summed E-state index contributed by atoms with van der Waals surface area (Å²) in [4.78, 5) is 11.3. The number of hydrogen-bond donors (Lipinski definition) is 2. The van der Waals surface area contributed by atoms with Crippen molar-refractivity contribution in [2.24, 2.45) is 5.92 Å². The standard InChI is InChI=1S/C16H15FO3/c17-14-3-1-2-12(10-14)9-13(16(19)20)8-11-4-6-15(18)7-5-11/h1-7,10,13,18H,8-9H2,(H,19,20). The number of hydrogen-bond acceptors (Lipinski definition) is 2. The maximum Gasteiger partial charge on any atom is 0.307 e. The van der Waals surface area contributed by atoms with Crippen molar-refractivity contribution in [3.8, 4) is 5.75 Å². The smallest absolute Gasteiger partial charge is 0.307 e. The lowest BCUT2D eigenvalue weighted by molar-refractivity contribution is -0.141. The molecule has 1 unspecified atom stereocenters. The van der Waals surface area contributed by atoms with Gasteiger partial charge >= 0.3 is 5.97 Å². The number of carboxylic acid groups (broad SMARTS) is 1. The van der Waals surface area contributed by atoms with Gasteiger partial charge in [0.25, 0.3) is 0 Å². The molecule has 0 fully saturated rings. The van der Waals surface area contributed by atoms with Gasteiger partial charge in [-0.05, 0) is 48.2 Å². The van der Waals surface area contributed by atoms with Crippen LogP contribution in [0.15, 0.2) is 48.5 Å². The molecule has 1 atom stereocenters. The van der Waals surface area contributed by atoms with E-state index in [0.29, 0.717) is 12.0 Å².